The van der Waals surface area contributed by atoms with Gasteiger partial charge in [-0.25, -0.2) is 14.4 Å². The number of ether oxygens (including phenoxy) is 1. The largest absolute Gasteiger partial charge is 0.389 e. The lowest BCUT2D eigenvalue weighted by atomic mass is 10.0. The summed E-state index contributed by atoms with van der Waals surface area (Å²) in [5.41, 5.74) is 3.56. The van der Waals surface area contributed by atoms with Crippen LogP contribution in [-0.2, 0) is 17.6 Å². The summed E-state index contributed by atoms with van der Waals surface area (Å²) in [6.45, 7) is 10.1. The maximum Gasteiger partial charge on any atom is 0.161 e. The fourth-order valence-electron chi connectivity index (χ4n) is 4.60. The van der Waals surface area contributed by atoms with E-state index in [1.54, 1.807) is 6.07 Å². The zero-order valence-corrected chi connectivity index (χ0v) is 21.5. The summed E-state index contributed by atoms with van der Waals surface area (Å²) in [4.78, 5) is 14.5. The minimum atomic E-state index is -0.508. The molecule has 192 valence electrons. The van der Waals surface area contributed by atoms with Crippen LogP contribution in [0.4, 0.5) is 10.2 Å². The molecule has 1 saturated heterocycles. The van der Waals surface area contributed by atoms with Crippen molar-refractivity contribution < 1.29 is 14.2 Å². The van der Waals surface area contributed by atoms with E-state index < -0.39 is 6.10 Å². The second-order valence-electron chi connectivity index (χ2n) is 9.61. The van der Waals surface area contributed by atoms with Gasteiger partial charge >= 0.3 is 0 Å². The maximum absolute atomic E-state index is 14.6. The SMILES string of the molecule is CCc1nc(-c2ccccc2)nc(N2CCN(C[C@H](O)COC(C)C)CC2)c1Cc1ccccc1F. The van der Waals surface area contributed by atoms with Crippen LogP contribution in [0.5, 0.6) is 0 Å². The van der Waals surface area contributed by atoms with E-state index >= 15 is 0 Å². The van der Waals surface area contributed by atoms with Gasteiger partial charge in [-0.3, -0.25) is 4.90 Å². The molecule has 2 heterocycles. The number of hydrogen-bond acceptors (Lipinski definition) is 6. The number of aromatic nitrogens is 2. The first-order chi connectivity index (χ1) is 17.4. The summed E-state index contributed by atoms with van der Waals surface area (Å²) in [6.07, 6.45) is 0.784. The molecule has 36 heavy (non-hydrogen) atoms. The van der Waals surface area contributed by atoms with Crippen LogP contribution in [0.25, 0.3) is 11.4 Å². The molecule has 0 aliphatic carbocycles. The highest BCUT2D eigenvalue weighted by Crippen LogP contribution is 2.29. The van der Waals surface area contributed by atoms with Crippen LogP contribution in [-0.4, -0.2) is 71.5 Å². The number of β-amino-alcohol motifs (C(OH)–C–C–N with tert-alkyl or cyclic N) is 1. The van der Waals surface area contributed by atoms with Gasteiger partial charge in [0.05, 0.1) is 18.8 Å². The predicted octanol–water partition coefficient (Wildman–Crippen LogP) is 4.34. The third-order valence-corrected chi connectivity index (χ3v) is 6.53. The molecule has 6 nitrogen and oxygen atoms in total. The molecule has 3 aromatic rings. The summed E-state index contributed by atoms with van der Waals surface area (Å²) >= 11 is 0. The van der Waals surface area contributed by atoms with Gasteiger partial charge in [-0.1, -0.05) is 55.5 Å². The average molecular weight is 493 g/mol. The van der Waals surface area contributed by atoms with Gasteiger partial charge in [0.2, 0.25) is 0 Å². The molecular formula is C29H37FN4O2. The van der Waals surface area contributed by atoms with E-state index in [9.17, 15) is 9.50 Å². The monoisotopic (exact) mass is 492 g/mol. The second kappa shape index (κ2) is 12.4. The van der Waals surface area contributed by atoms with Gasteiger partial charge in [-0.05, 0) is 31.9 Å². The lowest BCUT2D eigenvalue weighted by Gasteiger charge is -2.37. The molecule has 1 aliphatic rings. The van der Waals surface area contributed by atoms with Crippen molar-refractivity contribution in [3.8, 4) is 11.4 Å². The van der Waals surface area contributed by atoms with Crippen molar-refractivity contribution in [1.29, 1.82) is 0 Å². The molecule has 0 saturated carbocycles. The van der Waals surface area contributed by atoms with Crippen LogP contribution in [0, 0.1) is 5.82 Å². The average Bonchev–Trinajstić information content (AvgIpc) is 2.90. The number of rotatable bonds is 10. The highest BCUT2D eigenvalue weighted by molar-refractivity contribution is 5.61. The highest BCUT2D eigenvalue weighted by atomic mass is 19.1. The Morgan fingerprint density at radius 1 is 0.972 bits per heavy atom. The van der Waals surface area contributed by atoms with Crippen LogP contribution in [0.2, 0.25) is 0 Å². The van der Waals surface area contributed by atoms with Crippen LogP contribution in [0.15, 0.2) is 54.6 Å². The fraction of sp³-hybridized carbons (Fsp3) is 0.448. The van der Waals surface area contributed by atoms with E-state index in [0.717, 1.165) is 55.2 Å². The highest BCUT2D eigenvalue weighted by Gasteiger charge is 2.25. The minimum Gasteiger partial charge on any atom is -0.389 e. The van der Waals surface area contributed by atoms with E-state index in [4.69, 9.17) is 14.7 Å². The molecule has 7 heteroatoms. The molecule has 0 radical (unpaired) electrons. The second-order valence-corrected chi connectivity index (χ2v) is 9.61. The molecule has 1 aliphatic heterocycles. The Labute approximate surface area is 213 Å². The number of anilines is 1. The van der Waals surface area contributed by atoms with E-state index in [2.05, 4.69) is 16.7 Å². The van der Waals surface area contributed by atoms with Gasteiger partial charge in [0, 0.05) is 56.0 Å². The first kappa shape index (κ1) is 26.2. The number of halogens is 1. The molecule has 4 rings (SSSR count). The minimum absolute atomic E-state index is 0.105. The molecule has 1 aromatic heterocycles. The Morgan fingerprint density at radius 3 is 2.33 bits per heavy atom. The van der Waals surface area contributed by atoms with Crippen molar-refractivity contribution in [2.24, 2.45) is 0 Å². The summed E-state index contributed by atoms with van der Waals surface area (Å²) in [5.74, 6) is 1.37. The molecular weight excluding hydrogens is 455 g/mol. The standard InChI is InChI=1S/C29H37FN4O2/c1-4-27-25(18-23-12-8-9-13-26(23)30)29(32-28(31-27)22-10-6-5-7-11-22)34-16-14-33(15-17-34)19-24(35)20-36-21(2)3/h5-13,21,24,35H,4,14-20H2,1-3H3/t24-/m0/s1. The Balaban J connectivity index is 1.60. The van der Waals surface area contributed by atoms with Crippen LogP contribution < -0.4 is 4.90 Å². The van der Waals surface area contributed by atoms with Crippen LogP contribution in [0.3, 0.4) is 0 Å². The van der Waals surface area contributed by atoms with E-state index in [1.165, 1.54) is 6.07 Å². The molecule has 1 N–H and O–H groups in total. The third-order valence-electron chi connectivity index (χ3n) is 6.53. The van der Waals surface area contributed by atoms with Crippen LogP contribution >= 0.6 is 0 Å². The zero-order chi connectivity index (χ0) is 25.5. The number of benzene rings is 2. The normalized spacial score (nSPS) is 15.4. The Morgan fingerprint density at radius 2 is 1.67 bits per heavy atom. The van der Waals surface area contributed by atoms with Crippen molar-refractivity contribution in [3.05, 3.63) is 77.2 Å². The Kier molecular flexibility index (Phi) is 9.02. The van der Waals surface area contributed by atoms with E-state index in [-0.39, 0.29) is 11.9 Å². The molecule has 1 fully saturated rings. The third kappa shape index (κ3) is 6.66. The summed E-state index contributed by atoms with van der Waals surface area (Å²) in [5, 5.41) is 10.4. The number of piperazine rings is 1. The van der Waals surface area contributed by atoms with Crippen molar-refractivity contribution in [3.63, 3.8) is 0 Å². The molecule has 0 unspecified atom stereocenters. The summed E-state index contributed by atoms with van der Waals surface area (Å²) in [7, 11) is 0. The van der Waals surface area contributed by atoms with Gasteiger partial charge in [0.15, 0.2) is 5.82 Å². The van der Waals surface area contributed by atoms with Crippen molar-refractivity contribution in [2.75, 3.05) is 44.2 Å². The number of aliphatic hydroxyl groups is 1. The van der Waals surface area contributed by atoms with Crippen molar-refractivity contribution in [2.45, 2.75) is 45.8 Å². The summed E-state index contributed by atoms with van der Waals surface area (Å²) < 4.78 is 20.2. The Hall–Kier alpha value is -2.87. The summed E-state index contributed by atoms with van der Waals surface area (Å²) in [6, 6.07) is 16.9. The lowest BCUT2D eigenvalue weighted by molar-refractivity contribution is -0.00901. The molecule has 0 amide bonds. The number of nitrogens with zero attached hydrogens (tertiary/aromatic N) is 4. The number of aliphatic hydroxyl groups excluding tert-OH is 1. The molecule has 0 bridgehead atoms. The smallest absolute Gasteiger partial charge is 0.161 e. The lowest BCUT2D eigenvalue weighted by Crippen LogP contribution is -2.49. The van der Waals surface area contributed by atoms with Crippen molar-refractivity contribution >= 4 is 5.82 Å². The predicted molar refractivity (Wildman–Crippen MR) is 142 cm³/mol. The molecule has 1 atom stereocenters. The number of aryl methyl sites for hydroxylation is 1. The maximum atomic E-state index is 14.6. The first-order valence-corrected chi connectivity index (χ1v) is 12.9. The molecule has 2 aromatic carbocycles. The topological polar surface area (TPSA) is 61.7 Å². The van der Waals surface area contributed by atoms with Gasteiger partial charge in [0.25, 0.3) is 0 Å². The van der Waals surface area contributed by atoms with E-state index in [1.807, 2.05) is 56.3 Å². The molecule has 0 spiro atoms. The Bertz CT molecular complexity index is 1120. The van der Waals surface area contributed by atoms with E-state index in [0.29, 0.717) is 31.0 Å². The van der Waals surface area contributed by atoms with Crippen LogP contribution in [0.1, 0.15) is 37.6 Å². The van der Waals surface area contributed by atoms with Gasteiger partial charge in [0.1, 0.15) is 11.6 Å². The first-order valence-electron chi connectivity index (χ1n) is 12.9. The van der Waals surface area contributed by atoms with Gasteiger partial charge in [-0.2, -0.15) is 0 Å². The zero-order valence-electron chi connectivity index (χ0n) is 21.5. The number of hydrogen-bond donors (Lipinski definition) is 1. The van der Waals surface area contributed by atoms with Gasteiger partial charge in [-0.15, -0.1) is 0 Å². The fourth-order valence-corrected chi connectivity index (χ4v) is 4.60. The van der Waals surface area contributed by atoms with Crippen molar-refractivity contribution in [1.82, 2.24) is 14.9 Å². The van der Waals surface area contributed by atoms with Gasteiger partial charge < -0.3 is 14.7 Å². The quantitative estimate of drug-likeness (QED) is 0.454.